The standard InChI is InChI=1S/C14H10Cl2O2S/c1-18-12-8-9(6-7-11(12)15)19-13-5-3-2-4-10(13)14(16)17/h2-8H,1H3. The Labute approximate surface area is 125 Å². The predicted octanol–water partition coefficient (Wildman–Crippen LogP) is 4.88. The molecule has 0 heterocycles. The fourth-order valence-corrected chi connectivity index (χ4v) is 2.94. The summed E-state index contributed by atoms with van der Waals surface area (Å²) in [6, 6.07) is 12.6. The van der Waals surface area contributed by atoms with Gasteiger partial charge in [0.1, 0.15) is 5.75 Å². The summed E-state index contributed by atoms with van der Waals surface area (Å²) in [4.78, 5) is 13.1. The fourth-order valence-electron chi connectivity index (χ4n) is 1.55. The molecular weight excluding hydrogens is 303 g/mol. The molecule has 0 unspecified atom stereocenters. The molecule has 0 atom stereocenters. The van der Waals surface area contributed by atoms with E-state index in [0.717, 1.165) is 9.79 Å². The Hall–Kier alpha value is -1.16. The molecule has 0 radical (unpaired) electrons. The van der Waals surface area contributed by atoms with Crippen LogP contribution >= 0.6 is 35.0 Å². The number of hydrogen-bond donors (Lipinski definition) is 0. The van der Waals surface area contributed by atoms with Crippen molar-refractivity contribution in [2.45, 2.75) is 9.79 Å². The smallest absolute Gasteiger partial charge is 0.253 e. The summed E-state index contributed by atoms with van der Waals surface area (Å²) in [6.45, 7) is 0. The highest BCUT2D eigenvalue weighted by Gasteiger charge is 2.10. The highest BCUT2D eigenvalue weighted by atomic mass is 35.5. The molecule has 2 aromatic rings. The average Bonchev–Trinajstić information content (AvgIpc) is 2.41. The lowest BCUT2D eigenvalue weighted by molar-refractivity contribution is 0.107. The van der Waals surface area contributed by atoms with Gasteiger partial charge in [-0.2, -0.15) is 0 Å². The number of benzene rings is 2. The van der Waals surface area contributed by atoms with Gasteiger partial charge in [-0.25, -0.2) is 0 Å². The first-order chi connectivity index (χ1) is 9.11. The quantitative estimate of drug-likeness (QED) is 0.753. The molecule has 0 aliphatic heterocycles. The average molecular weight is 313 g/mol. The van der Waals surface area contributed by atoms with Gasteiger partial charge in [0.15, 0.2) is 0 Å². The van der Waals surface area contributed by atoms with E-state index in [9.17, 15) is 4.79 Å². The van der Waals surface area contributed by atoms with Crippen LogP contribution in [0.2, 0.25) is 5.02 Å². The van der Waals surface area contributed by atoms with E-state index >= 15 is 0 Å². The minimum absolute atomic E-state index is 0.468. The molecule has 19 heavy (non-hydrogen) atoms. The van der Waals surface area contributed by atoms with E-state index < -0.39 is 5.24 Å². The zero-order valence-electron chi connectivity index (χ0n) is 10.0. The van der Waals surface area contributed by atoms with Crippen LogP contribution in [0.3, 0.4) is 0 Å². The van der Waals surface area contributed by atoms with Crippen molar-refractivity contribution in [3.8, 4) is 5.75 Å². The maximum Gasteiger partial charge on any atom is 0.253 e. The van der Waals surface area contributed by atoms with Gasteiger partial charge in [-0.05, 0) is 41.9 Å². The Morgan fingerprint density at radius 3 is 2.63 bits per heavy atom. The van der Waals surface area contributed by atoms with E-state index in [1.807, 2.05) is 24.3 Å². The second-order valence-electron chi connectivity index (χ2n) is 3.67. The molecule has 0 aromatic heterocycles. The maximum absolute atomic E-state index is 11.3. The fraction of sp³-hybridized carbons (Fsp3) is 0.0714. The van der Waals surface area contributed by atoms with Crippen LogP contribution < -0.4 is 4.74 Å². The zero-order valence-corrected chi connectivity index (χ0v) is 12.4. The summed E-state index contributed by atoms with van der Waals surface area (Å²) in [5.74, 6) is 0.598. The molecule has 0 N–H and O–H groups in total. The van der Waals surface area contributed by atoms with Gasteiger partial charge in [-0.1, -0.05) is 35.5 Å². The van der Waals surface area contributed by atoms with Crippen molar-refractivity contribution in [2.24, 2.45) is 0 Å². The third-order valence-electron chi connectivity index (χ3n) is 2.45. The summed E-state index contributed by atoms with van der Waals surface area (Å²) in [6.07, 6.45) is 0. The van der Waals surface area contributed by atoms with E-state index in [1.54, 1.807) is 25.3 Å². The predicted molar refractivity (Wildman–Crippen MR) is 78.8 cm³/mol. The van der Waals surface area contributed by atoms with Gasteiger partial charge in [0, 0.05) is 15.4 Å². The monoisotopic (exact) mass is 312 g/mol. The van der Waals surface area contributed by atoms with Crippen molar-refractivity contribution in [1.82, 2.24) is 0 Å². The van der Waals surface area contributed by atoms with E-state index in [4.69, 9.17) is 27.9 Å². The Balaban J connectivity index is 2.34. The van der Waals surface area contributed by atoms with Crippen LogP contribution in [-0.2, 0) is 0 Å². The Morgan fingerprint density at radius 2 is 1.95 bits per heavy atom. The molecule has 2 rings (SSSR count). The summed E-state index contributed by atoms with van der Waals surface area (Å²) in [5, 5.41) is 0.0811. The number of carbonyl (C=O) groups is 1. The van der Waals surface area contributed by atoms with Gasteiger partial charge in [0.2, 0.25) is 0 Å². The molecule has 0 amide bonds. The van der Waals surface area contributed by atoms with E-state index in [0.29, 0.717) is 16.3 Å². The molecule has 0 saturated heterocycles. The van der Waals surface area contributed by atoms with Crippen molar-refractivity contribution in [3.63, 3.8) is 0 Å². The van der Waals surface area contributed by atoms with Gasteiger partial charge in [-0.3, -0.25) is 4.79 Å². The van der Waals surface area contributed by atoms with Crippen LogP contribution in [0.1, 0.15) is 10.4 Å². The largest absolute Gasteiger partial charge is 0.495 e. The second kappa shape index (κ2) is 6.33. The van der Waals surface area contributed by atoms with Crippen LogP contribution in [0.4, 0.5) is 0 Å². The van der Waals surface area contributed by atoms with E-state index in [2.05, 4.69) is 0 Å². The van der Waals surface area contributed by atoms with Crippen molar-refractivity contribution >= 4 is 40.2 Å². The Morgan fingerprint density at radius 1 is 1.21 bits per heavy atom. The lowest BCUT2D eigenvalue weighted by atomic mass is 10.2. The van der Waals surface area contributed by atoms with Crippen molar-refractivity contribution < 1.29 is 9.53 Å². The first kappa shape index (κ1) is 14.3. The number of halogens is 2. The normalized spacial score (nSPS) is 10.3. The number of rotatable bonds is 4. The lowest BCUT2D eigenvalue weighted by Crippen LogP contribution is -1.91. The first-order valence-electron chi connectivity index (χ1n) is 5.42. The number of hydrogen-bond acceptors (Lipinski definition) is 3. The molecule has 0 bridgehead atoms. The zero-order chi connectivity index (χ0) is 13.8. The van der Waals surface area contributed by atoms with Crippen molar-refractivity contribution in [2.75, 3.05) is 7.11 Å². The Kier molecular flexibility index (Phi) is 4.75. The molecule has 98 valence electrons. The SMILES string of the molecule is COc1cc(Sc2ccccc2C(=O)Cl)ccc1Cl. The van der Waals surface area contributed by atoms with Gasteiger partial charge in [0.05, 0.1) is 12.1 Å². The maximum atomic E-state index is 11.3. The van der Waals surface area contributed by atoms with Crippen LogP contribution in [0.15, 0.2) is 52.3 Å². The summed E-state index contributed by atoms with van der Waals surface area (Å²) >= 11 is 13.0. The summed E-state index contributed by atoms with van der Waals surface area (Å²) < 4.78 is 5.16. The molecule has 0 aliphatic carbocycles. The molecule has 5 heteroatoms. The number of methoxy groups -OCH3 is 1. The number of ether oxygens (including phenoxy) is 1. The Bertz CT molecular complexity index is 614. The number of carbonyl (C=O) groups excluding carboxylic acids is 1. The van der Waals surface area contributed by atoms with Crippen molar-refractivity contribution in [1.29, 1.82) is 0 Å². The first-order valence-corrected chi connectivity index (χ1v) is 6.99. The third-order valence-corrected chi connectivity index (χ3v) is 4.03. The molecule has 2 aromatic carbocycles. The van der Waals surface area contributed by atoms with E-state index in [1.165, 1.54) is 11.8 Å². The highest BCUT2D eigenvalue weighted by molar-refractivity contribution is 7.99. The van der Waals surface area contributed by atoms with Crippen LogP contribution in [0.5, 0.6) is 5.75 Å². The van der Waals surface area contributed by atoms with Crippen LogP contribution in [0, 0.1) is 0 Å². The van der Waals surface area contributed by atoms with E-state index in [-0.39, 0.29) is 0 Å². The summed E-state index contributed by atoms with van der Waals surface area (Å²) in [7, 11) is 1.56. The summed E-state index contributed by atoms with van der Waals surface area (Å²) in [5.41, 5.74) is 0.489. The molecule has 2 nitrogen and oxygen atoms in total. The topological polar surface area (TPSA) is 26.3 Å². The second-order valence-corrected chi connectivity index (χ2v) is 5.53. The minimum atomic E-state index is -0.468. The van der Waals surface area contributed by atoms with Gasteiger partial charge >= 0.3 is 0 Å². The molecule has 0 aliphatic rings. The van der Waals surface area contributed by atoms with Crippen LogP contribution in [0.25, 0.3) is 0 Å². The van der Waals surface area contributed by atoms with Crippen molar-refractivity contribution in [3.05, 3.63) is 53.1 Å². The minimum Gasteiger partial charge on any atom is -0.495 e. The lowest BCUT2D eigenvalue weighted by Gasteiger charge is -2.08. The van der Waals surface area contributed by atoms with Gasteiger partial charge in [0.25, 0.3) is 5.24 Å². The highest BCUT2D eigenvalue weighted by Crippen LogP contribution is 2.35. The third kappa shape index (κ3) is 3.44. The molecule has 0 spiro atoms. The van der Waals surface area contributed by atoms with Crippen LogP contribution in [-0.4, -0.2) is 12.4 Å². The van der Waals surface area contributed by atoms with Gasteiger partial charge < -0.3 is 4.74 Å². The molecular formula is C14H10Cl2O2S. The van der Waals surface area contributed by atoms with Gasteiger partial charge in [-0.15, -0.1) is 0 Å². The molecule has 0 fully saturated rings. The molecule has 0 saturated carbocycles.